The monoisotopic (exact) mass is 274 g/mol. The molecule has 0 saturated heterocycles. The van der Waals surface area contributed by atoms with Crippen LogP contribution in [0.3, 0.4) is 0 Å². The first-order valence-electron chi connectivity index (χ1n) is 7.06. The normalized spacial score (nSPS) is 10.3. The van der Waals surface area contributed by atoms with E-state index in [1.54, 1.807) is 0 Å². The van der Waals surface area contributed by atoms with Gasteiger partial charge in [0, 0.05) is 17.9 Å². The Kier molecular flexibility index (Phi) is 3.88. The Morgan fingerprint density at radius 2 is 1.29 bits per heavy atom. The minimum absolute atomic E-state index is 0.733. The van der Waals surface area contributed by atoms with Crippen LogP contribution < -0.4 is 11.1 Å². The highest BCUT2D eigenvalue weighted by atomic mass is 14.9. The Morgan fingerprint density at radius 3 is 2.00 bits per heavy atom. The summed E-state index contributed by atoms with van der Waals surface area (Å²) in [7, 11) is 0. The Balaban J connectivity index is 1.69. The van der Waals surface area contributed by atoms with Crippen molar-refractivity contribution in [1.29, 1.82) is 0 Å². The summed E-state index contributed by atoms with van der Waals surface area (Å²) in [4.78, 5) is 0. The van der Waals surface area contributed by atoms with Crippen LogP contribution in [0.4, 0.5) is 11.4 Å². The SMILES string of the molecule is Nc1ccccc1CNc1ccc(-c2ccccc2)cc1. The van der Waals surface area contributed by atoms with Crippen LogP contribution in [0.25, 0.3) is 11.1 Å². The Hall–Kier alpha value is -2.74. The van der Waals surface area contributed by atoms with Crippen molar-refractivity contribution in [3.05, 3.63) is 84.4 Å². The van der Waals surface area contributed by atoms with Crippen molar-refractivity contribution in [3.8, 4) is 11.1 Å². The third-order valence-electron chi connectivity index (χ3n) is 3.53. The fourth-order valence-electron chi connectivity index (χ4n) is 2.30. The Bertz CT molecular complexity index is 703. The number of anilines is 2. The molecular weight excluding hydrogens is 256 g/mol. The molecule has 0 aromatic heterocycles. The Labute approximate surface area is 125 Å². The quantitative estimate of drug-likeness (QED) is 0.685. The zero-order valence-corrected chi connectivity index (χ0v) is 11.8. The molecule has 0 fully saturated rings. The van der Waals surface area contributed by atoms with Gasteiger partial charge in [-0.2, -0.15) is 0 Å². The minimum Gasteiger partial charge on any atom is -0.398 e. The van der Waals surface area contributed by atoms with Crippen LogP contribution in [0.15, 0.2) is 78.9 Å². The number of nitrogen functional groups attached to an aromatic ring is 1. The third kappa shape index (κ3) is 3.23. The van der Waals surface area contributed by atoms with Crippen molar-refractivity contribution in [2.75, 3.05) is 11.1 Å². The van der Waals surface area contributed by atoms with Gasteiger partial charge in [0.25, 0.3) is 0 Å². The molecule has 3 rings (SSSR count). The maximum Gasteiger partial charge on any atom is 0.0421 e. The lowest BCUT2D eigenvalue weighted by Crippen LogP contribution is -2.02. The van der Waals surface area contributed by atoms with E-state index in [1.807, 2.05) is 30.3 Å². The highest BCUT2D eigenvalue weighted by Gasteiger charge is 1.99. The first-order chi connectivity index (χ1) is 10.3. The number of benzene rings is 3. The maximum absolute atomic E-state index is 5.94. The maximum atomic E-state index is 5.94. The van der Waals surface area contributed by atoms with E-state index < -0.39 is 0 Å². The van der Waals surface area contributed by atoms with Crippen LogP contribution in [-0.2, 0) is 6.54 Å². The summed E-state index contributed by atoms with van der Waals surface area (Å²) >= 11 is 0. The van der Waals surface area contributed by atoms with Crippen molar-refractivity contribution in [2.45, 2.75) is 6.54 Å². The van der Waals surface area contributed by atoms with E-state index in [0.29, 0.717) is 0 Å². The largest absolute Gasteiger partial charge is 0.398 e. The van der Waals surface area contributed by atoms with E-state index in [2.05, 4.69) is 53.8 Å². The number of rotatable bonds is 4. The van der Waals surface area contributed by atoms with Gasteiger partial charge < -0.3 is 11.1 Å². The van der Waals surface area contributed by atoms with Gasteiger partial charge in [0.2, 0.25) is 0 Å². The average Bonchev–Trinajstić information content (AvgIpc) is 2.55. The van der Waals surface area contributed by atoms with E-state index >= 15 is 0 Å². The van der Waals surface area contributed by atoms with Crippen LogP contribution >= 0.6 is 0 Å². The summed E-state index contributed by atoms with van der Waals surface area (Å²) in [5.74, 6) is 0. The standard InChI is InChI=1S/C19H18N2/c20-19-9-5-4-8-17(19)14-21-18-12-10-16(11-13-18)15-6-2-1-3-7-15/h1-13,21H,14,20H2. The second kappa shape index (κ2) is 6.14. The van der Waals surface area contributed by atoms with Crippen molar-refractivity contribution < 1.29 is 0 Å². The molecule has 3 aromatic rings. The van der Waals surface area contributed by atoms with E-state index in [9.17, 15) is 0 Å². The summed E-state index contributed by atoms with van der Waals surface area (Å²) in [6, 6.07) is 26.8. The van der Waals surface area contributed by atoms with Gasteiger partial charge in [-0.3, -0.25) is 0 Å². The van der Waals surface area contributed by atoms with Gasteiger partial charge in [0.1, 0.15) is 0 Å². The molecule has 0 atom stereocenters. The summed E-state index contributed by atoms with van der Waals surface area (Å²) in [6.45, 7) is 0.733. The fraction of sp³-hybridized carbons (Fsp3) is 0.0526. The lowest BCUT2D eigenvalue weighted by Gasteiger charge is -2.09. The minimum atomic E-state index is 0.733. The van der Waals surface area contributed by atoms with Crippen LogP contribution in [0, 0.1) is 0 Å². The van der Waals surface area contributed by atoms with Crippen molar-refractivity contribution in [3.63, 3.8) is 0 Å². The van der Waals surface area contributed by atoms with Gasteiger partial charge in [-0.1, -0.05) is 60.7 Å². The molecule has 0 bridgehead atoms. The molecular formula is C19H18N2. The van der Waals surface area contributed by atoms with Crippen molar-refractivity contribution in [1.82, 2.24) is 0 Å². The molecule has 104 valence electrons. The third-order valence-corrected chi connectivity index (χ3v) is 3.53. The molecule has 2 nitrogen and oxygen atoms in total. The molecule has 0 spiro atoms. The molecule has 0 radical (unpaired) electrons. The summed E-state index contributed by atoms with van der Waals surface area (Å²) < 4.78 is 0. The van der Waals surface area contributed by atoms with Gasteiger partial charge in [-0.25, -0.2) is 0 Å². The van der Waals surface area contributed by atoms with E-state index in [0.717, 1.165) is 23.5 Å². The van der Waals surface area contributed by atoms with Crippen LogP contribution in [0.2, 0.25) is 0 Å². The smallest absolute Gasteiger partial charge is 0.0421 e. The van der Waals surface area contributed by atoms with Crippen molar-refractivity contribution >= 4 is 11.4 Å². The van der Waals surface area contributed by atoms with Gasteiger partial charge in [-0.15, -0.1) is 0 Å². The molecule has 3 N–H and O–H groups in total. The average molecular weight is 274 g/mol. The molecule has 0 unspecified atom stereocenters. The van der Waals surface area contributed by atoms with E-state index in [4.69, 9.17) is 5.73 Å². The van der Waals surface area contributed by atoms with Gasteiger partial charge >= 0.3 is 0 Å². The molecule has 21 heavy (non-hydrogen) atoms. The summed E-state index contributed by atoms with van der Waals surface area (Å²) in [5, 5.41) is 3.40. The molecule has 3 aromatic carbocycles. The first kappa shape index (κ1) is 13.3. The van der Waals surface area contributed by atoms with Crippen LogP contribution in [0.5, 0.6) is 0 Å². The summed E-state index contributed by atoms with van der Waals surface area (Å²) in [5.41, 5.74) is 11.4. The molecule has 2 heteroatoms. The van der Waals surface area contributed by atoms with E-state index in [-0.39, 0.29) is 0 Å². The lowest BCUT2D eigenvalue weighted by molar-refractivity contribution is 1.15. The molecule has 0 heterocycles. The molecule has 0 saturated carbocycles. The van der Waals surface area contributed by atoms with Gasteiger partial charge in [-0.05, 0) is 34.9 Å². The first-order valence-corrected chi connectivity index (χ1v) is 7.06. The predicted molar refractivity (Wildman–Crippen MR) is 90.1 cm³/mol. The fourth-order valence-corrected chi connectivity index (χ4v) is 2.30. The molecule has 0 aliphatic rings. The van der Waals surface area contributed by atoms with Gasteiger partial charge in [0.15, 0.2) is 0 Å². The van der Waals surface area contributed by atoms with Crippen LogP contribution in [0.1, 0.15) is 5.56 Å². The zero-order chi connectivity index (χ0) is 14.5. The Morgan fingerprint density at radius 1 is 0.667 bits per heavy atom. The number of nitrogens with two attached hydrogens (primary N) is 1. The van der Waals surface area contributed by atoms with Crippen molar-refractivity contribution in [2.24, 2.45) is 0 Å². The highest BCUT2D eigenvalue weighted by Crippen LogP contribution is 2.21. The summed E-state index contributed by atoms with van der Waals surface area (Å²) in [6.07, 6.45) is 0. The van der Waals surface area contributed by atoms with Gasteiger partial charge in [0.05, 0.1) is 0 Å². The number of nitrogens with one attached hydrogen (secondary N) is 1. The highest BCUT2D eigenvalue weighted by molar-refractivity contribution is 5.66. The predicted octanol–water partition coefficient (Wildman–Crippen LogP) is 4.55. The van der Waals surface area contributed by atoms with Crippen LogP contribution in [-0.4, -0.2) is 0 Å². The molecule has 0 amide bonds. The van der Waals surface area contributed by atoms with E-state index in [1.165, 1.54) is 11.1 Å². The second-order valence-corrected chi connectivity index (χ2v) is 5.00. The number of hydrogen-bond donors (Lipinski definition) is 2. The number of para-hydroxylation sites is 1. The number of hydrogen-bond acceptors (Lipinski definition) is 2. The second-order valence-electron chi connectivity index (χ2n) is 5.00. The topological polar surface area (TPSA) is 38.0 Å². The zero-order valence-electron chi connectivity index (χ0n) is 11.8. The molecule has 0 aliphatic carbocycles. The molecule has 0 aliphatic heterocycles. The lowest BCUT2D eigenvalue weighted by atomic mass is 10.1.